The Hall–Kier alpha value is 0. The van der Waals surface area contributed by atoms with Gasteiger partial charge in [0.2, 0.25) is 0 Å². The van der Waals surface area contributed by atoms with Crippen LogP contribution in [0, 0.1) is 5.92 Å². The monoisotopic (exact) mass is 357 g/mol. The molecule has 0 aromatic rings. The van der Waals surface area contributed by atoms with Gasteiger partial charge >= 0.3 is 0 Å². The van der Waals surface area contributed by atoms with E-state index in [2.05, 4.69) is 62.3 Å². The van der Waals surface area contributed by atoms with Crippen molar-refractivity contribution in [1.29, 1.82) is 0 Å². The third-order valence-corrected chi connectivity index (χ3v) is 1.91. The summed E-state index contributed by atoms with van der Waals surface area (Å²) in [5, 5.41) is 0. The van der Waals surface area contributed by atoms with E-state index in [0.29, 0.717) is 0 Å². The zero-order valence-electron chi connectivity index (χ0n) is 15.2. The molecule has 0 saturated carbocycles. The van der Waals surface area contributed by atoms with Gasteiger partial charge in [0.15, 0.2) is 0 Å². The maximum Gasteiger partial charge on any atom is -0.0500 e. The van der Waals surface area contributed by atoms with Crippen LogP contribution in [-0.2, 0) is 0 Å². The van der Waals surface area contributed by atoms with E-state index in [1.165, 1.54) is 51.4 Å². The Morgan fingerprint density at radius 3 is 0.500 bits per heavy atom. The van der Waals surface area contributed by atoms with Crippen molar-refractivity contribution in [2.75, 3.05) is 0 Å². The molecule has 24 heavy (non-hydrogen) atoms. The molecule has 0 amide bonds. The Kier molecular flexibility index (Phi) is 248. The van der Waals surface area contributed by atoms with Gasteiger partial charge in [-0.3, -0.25) is 0 Å². The predicted molar refractivity (Wildman–Crippen MR) is 132 cm³/mol. The van der Waals surface area contributed by atoms with E-state index in [-0.39, 0.29) is 44.6 Å². The van der Waals surface area contributed by atoms with Crippen LogP contribution in [0.5, 0.6) is 0 Å². The highest BCUT2D eigenvalue weighted by Gasteiger charge is 1.69. The molecular formula is C24H68. The Morgan fingerprint density at radius 2 is 0.500 bits per heavy atom. The van der Waals surface area contributed by atoms with Gasteiger partial charge in [-0.1, -0.05) is 158 Å². The van der Waals surface area contributed by atoms with E-state index in [9.17, 15) is 0 Å². The van der Waals surface area contributed by atoms with Crippen LogP contribution in [0.15, 0.2) is 0 Å². The Bertz CT molecular complexity index is 59.4. The molecule has 0 atom stereocenters. The molecule has 0 N–H and O–H groups in total. The summed E-state index contributed by atoms with van der Waals surface area (Å²) >= 11 is 0. The van der Waals surface area contributed by atoms with Gasteiger partial charge in [0.1, 0.15) is 0 Å². The van der Waals surface area contributed by atoms with E-state index in [0.717, 1.165) is 5.92 Å². The summed E-state index contributed by atoms with van der Waals surface area (Å²) in [6.45, 7) is 19.7. The summed E-state index contributed by atoms with van der Waals surface area (Å²) in [5.74, 6) is 0.833. The highest BCUT2D eigenvalue weighted by Crippen LogP contribution is 1.88. The first-order valence-corrected chi connectivity index (χ1v) is 8.47. The van der Waals surface area contributed by atoms with Crippen molar-refractivity contribution in [3.05, 3.63) is 0 Å². The summed E-state index contributed by atoms with van der Waals surface area (Å²) in [6.07, 6.45) is 10.8. The van der Waals surface area contributed by atoms with E-state index >= 15 is 0 Å². The third kappa shape index (κ3) is 388. The molecule has 0 bridgehead atoms. The van der Waals surface area contributed by atoms with Crippen molar-refractivity contribution < 1.29 is 0 Å². The van der Waals surface area contributed by atoms with Crippen LogP contribution in [0.2, 0.25) is 0 Å². The molecule has 0 radical (unpaired) electrons. The minimum Gasteiger partial charge on any atom is -0.0776 e. The van der Waals surface area contributed by atoms with Crippen molar-refractivity contribution in [3.63, 3.8) is 0 Å². The number of unbranched alkanes of at least 4 members (excludes halogenated alkanes) is 5. The fraction of sp³-hybridized carbons (Fsp3) is 1.00. The zero-order chi connectivity index (χ0) is 15.2. The second kappa shape index (κ2) is 92.0. The first kappa shape index (κ1) is 64.8. The molecule has 0 aliphatic heterocycles. The molecule has 0 fully saturated rings. The van der Waals surface area contributed by atoms with Crippen molar-refractivity contribution >= 4 is 0 Å². The van der Waals surface area contributed by atoms with Gasteiger partial charge in [-0.2, -0.15) is 0 Å². The normalized spacial score (nSPS) is 6.25. The first-order chi connectivity index (χ1) is 8.47. The Balaban J connectivity index is -0.0000000126. The fourth-order valence-corrected chi connectivity index (χ4v) is 0.707. The molecule has 0 rings (SSSR count). The Morgan fingerprint density at radius 1 is 0.375 bits per heavy atom. The highest BCUT2D eigenvalue weighted by molar-refractivity contribution is 4.24. The molecule has 0 aromatic heterocycles. The number of rotatable bonds is 5. The van der Waals surface area contributed by atoms with Gasteiger partial charge in [0.25, 0.3) is 0 Å². The van der Waals surface area contributed by atoms with Crippen LogP contribution in [0.3, 0.4) is 0 Å². The fourth-order valence-electron chi connectivity index (χ4n) is 0.707. The second-order valence-corrected chi connectivity index (χ2v) is 5.44. The number of hydrogen-bond acceptors (Lipinski definition) is 0. The smallest absolute Gasteiger partial charge is 0.0500 e. The summed E-state index contributed by atoms with van der Waals surface area (Å²) in [6, 6.07) is 0. The quantitative estimate of drug-likeness (QED) is 0.459. The van der Waals surface area contributed by atoms with E-state index in [1.807, 2.05) is 0 Å². The van der Waals surface area contributed by atoms with Gasteiger partial charge in [0, 0.05) is 0 Å². The maximum absolute atomic E-state index is 2.21. The van der Waals surface area contributed by atoms with E-state index in [4.69, 9.17) is 0 Å². The summed E-state index contributed by atoms with van der Waals surface area (Å²) in [5.41, 5.74) is 0. The zero-order valence-corrected chi connectivity index (χ0v) is 15.2. The molecule has 0 aliphatic carbocycles. The maximum atomic E-state index is 2.21. The molecule has 0 unspecified atom stereocenters. The molecule has 0 heterocycles. The molecule has 0 aromatic carbocycles. The van der Waals surface area contributed by atoms with Gasteiger partial charge < -0.3 is 0 Å². The van der Waals surface area contributed by atoms with Crippen LogP contribution in [0.4, 0.5) is 0 Å². The molecule has 0 heteroatoms. The minimum absolute atomic E-state index is 0. The summed E-state index contributed by atoms with van der Waals surface area (Å²) in [4.78, 5) is 0. The van der Waals surface area contributed by atoms with Crippen LogP contribution in [0.25, 0.3) is 0 Å². The third-order valence-electron chi connectivity index (χ3n) is 1.91. The summed E-state index contributed by atoms with van der Waals surface area (Å²) < 4.78 is 0. The lowest BCUT2D eigenvalue weighted by Gasteiger charge is -1.79. The average Bonchev–Trinajstić information content (AvgIpc) is 2.31. The van der Waals surface area contributed by atoms with Crippen molar-refractivity contribution in [2.24, 2.45) is 5.92 Å². The molecule has 0 aliphatic rings. The first-order valence-electron chi connectivity index (χ1n) is 8.47. The highest BCUT2D eigenvalue weighted by atomic mass is 13.8. The average molecular weight is 357 g/mol. The Labute approximate surface area is 164 Å². The van der Waals surface area contributed by atoms with Gasteiger partial charge in [-0.05, 0) is 5.92 Å². The largest absolute Gasteiger partial charge is 0.0776 e. The minimum atomic E-state index is 0. The molecule has 0 spiro atoms. The van der Waals surface area contributed by atoms with Crippen LogP contribution in [-0.4, -0.2) is 0 Å². The van der Waals surface area contributed by atoms with Gasteiger partial charge in [-0.15, -0.1) is 0 Å². The molecule has 0 saturated heterocycles. The number of hydrogen-bond donors (Lipinski definition) is 0. The molecule has 164 valence electrons. The SMILES string of the molecule is C.C.C.C.C.C.CC(C)C.CCCC.CCCCC.CCCCC. The van der Waals surface area contributed by atoms with Crippen LogP contribution >= 0.6 is 0 Å². The molecular weight excluding hydrogens is 288 g/mol. The van der Waals surface area contributed by atoms with Crippen molar-refractivity contribution in [2.45, 2.75) is 158 Å². The summed E-state index contributed by atoms with van der Waals surface area (Å²) in [7, 11) is 0. The topological polar surface area (TPSA) is 0 Å². The van der Waals surface area contributed by atoms with Crippen molar-refractivity contribution in [1.82, 2.24) is 0 Å². The van der Waals surface area contributed by atoms with Gasteiger partial charge in [0.05, 0.1) is 0 Å². The lowest BCUT2D eigenvalue weighted by Crippen LogP contribution is -1.66. The predicted octanol–water partition coefficient (Wildman–Crippen LogP) is 11.7. The van der Waals surface area contributed by atoms with Crippen molar-refractivity contribution in [3.8, 4) is 0 Å². The standard InChI is InChI=1S/2C5H12.2C4H10.6CH4/c2*1-3-5-4-2;1-4(2)3;1-3-4-2;;;;;;/h2*3-5H2,1-2H3;4H,1-3H3;3-4H2,1-2H3;6*1H4. The van der Waals surface area contributed by atoms with E-state index in [1.54, 1.807) is 0 Å². The van der Waals surface area contributed by atoms with E-state index < -0.39 is 0 Å². The lowest BCUT2D eigenvalue weighted by molar-refractivity contribution is 0.737. The van der Waals surface area contributed by atoms with Gasteiger partial charge in [-0.25, -0.2) is 0 Å². The van der Waals surface area contributed by atoms with Crippen LogP contribution in [0.1, 0.15) is 158 Å². The second-order valence-electron chi connectivity index (χ2n) is 5.44. The molecule has 0 nitrogen and oxygen atoms in total. The van der Waals surface area contributed by atoms with Crippen LogP contribution < -0.4 is 0 Å². The lowest BCUT2D eigenvalue weighted by atomic mass is 10.3.